The summed E-state index contributed by atoms with van der Waals surface area (Å²) in [6.45, 7) is 15.8. The van der Waals surface area contributed by atoms with Crippen LogP contribution in [0.5, 0.6) is 0 Å². The Kier molecular flexibility index (Phi) is 20.0. The van der Waals surface area contributed by atoms with Crippen molar-refractivity contribution in [3.05, 3.63) is 70.9 Å². The van der Waals surface area contributed by atoms with Crippen LogP contribution in [0.15, 0.2) is 70.9 Å². The first-order valence-electron chi connectivity index (χ1n) is 19.9. The Bertz CT molecular complexity index is 1650. The second-order valence-corrected chi connectivity index (χ2v) is 16.1. The number of Topliss-reactive ketones (excluding diaryl/α,β-unsaturated/α-hetero) is 2. The molecule has 11 atom stereocenters. The van der Waals surface area contributed by atoms with E-state index in [9.17, 15) is 44.4 Å². The molecule has 5 N–H and O–H groups in total. The van der Waals surface area contributed by atoms with E-state index in [0.29, 0.717) is 12.0 Å². The summed E-state index contributed by atoms with van der Waals surface area (Å²) in [6, 6.07) is 0. The van der Waals surface area contributed by atoms with Gasteiger partial charge in [0, 0.05) is 62.2 Å². The molecule has 0 fully saturated rings. The van der Waals surface area contributed by atoms with Crippen LogP contribution in [-0.2, 0) is 42.9 Å². The number of rotatable bonds is 15. The van der Waals surface area contributed by atoms with Gasteiger partial charge in [-0.1, -0.05) is 83.9 Å². The number of methoxy groups -OCH3 is 2. The predicted molar refractivity (Wildman–Crippen MR) is 216 cm³/mol. The van der Waals surface area contributed by atoms with E-state index < -0.39 is 90.2 Å². The zero-order valence-electron chi connectivity index (χ0n) is 35.8. The molecule has 0 aromatic heterocycles. The van der Waals surface area contributed by atoms with Gasteiger partial charge in [0.2, 0.25) is 11.7 Å². The Morgan fingerprint density at radius 3 is 2.22 bits per heavy atom. The fourth-order valence-corrected chi connectivity index (χ4v) is 7.16. The number of nitrogens with one attached hydrogen (secondary N) is 1. The number of ketones is 2. The van der Waals surface area contributed by atoms with Crippen LogP contribution in [0.1, 0.15) is 88.0 Å². The third kappa shape index (κ3) is 14.5. The van der Waals surface area contributed by atoms with Crippen LogP contribution in [0.3, 0.4) is 0 Å². The maximum absolute atomic E-state index is 13.9. The molecule has 0 radical (unpaired) electrons. The molecule has 1 heterocycles. The maximum Gasteiger partial charge on any atom is 0.373 e. The van der Waals surface area contributed by atoms with E-state index in [1.807, 2.05) is 32.9 Å². The third-order valence-corrected chi connectivity index (χ3v) is 10.9. The van der Waals surface area contributed by atoms with Gasteiger partial charge in [-0.3, -0.25) is 14.4 Å². The van der Waals surface area contributed by atoms with Crippen LogP contribution >= 0.6 is 0 Å². The minimum atomic E-state index is -1.41. The minimum absolute atomic E-state index is 0.0492. The van der Waals surface area contributed by atoms with Crippen molar-refractivity contribution in [3.8, 4) is 0 Å². The van der Waals surface area contributed by atoms with Crippen molar-refractivity contribution >= 4 is 29.4 Å². The zero-order chi connectivity index (χ0) is 44.0. The first-order valence-corrected chi connectivity index (χ1v) is 19.9. The molecule has 58 heavy (non-hydrogen) atoms. The smallest absolute Gasteiger partial charge is 0.373 e. The molecule has 0 spiro atoms. The molecule has 1 aliphatic heterocycles. The monoisotopic (exact) mass is 815 g/mol. The van der Waals surface area contributed by atoms with Crippen molar-refractivity contribution in [1.29, 1.82) is 0 Å². The van der Waals surface area contributed by atoms with Crippen LogP contribution in [0, 0.1) is 35.5 Å². The average Bonchev–Trinajstić information content (AvgIpc) is 3.49. The molecule has 1 amide bonds. The first-order chi connectivity index (χ1) is 27.1. The van der Waals surface area contributed by atoms with E-state index in [4.69, 9.17) is 18.9 Å². The summed E-state index contributed by atoms with van der Waals surface area (Å²) in [5, 5.41) is 45.7. The SMILES string of the molecule is COC1=CC(C)=CC(C)C(O)C(C)CC(C)=CC=CC(OC)C(C(C)C(O)C(C)C(=O)CC(OC(=O)C=CC(=O)NC2=C(O)CCC2=O)C(C)C(O)C(C)C)OC1=O. The number of cyclic esters (lactones) is 1. The van der Waals surface area contributed by atoms with E-state index in [1.54, 1.807) is 46.8 Å². The second-order valence-electron chi connectivity index (χ2n) is 16.1. The van der Waals surface area contributed by atoms with Gasteiger partial charge in [0.25, 0.3) is 0 Å². The Morgan fingerprint density at radius 2 is 1.66 bits per heavy atom. The minimum Gasteiger partial charge on any atom is -0.510 e. The van der Waals surface area contributed by atoms with Crippen LogP contribution in [0.4, 0.5) is 0 Å². The van der Waals surface area contributed by atoms with Gasteiger partial charge in [0.05, 0.1) is 25.4 Å². The Balaban J connectivity index is 2.41. The Morgan fingerprint density at radius 1 is 1.00 bits per heavy atom. The van der Waals surface area contributed by atoms with Gasteiger partial charge < -0.3 is 44.7 Å². The second kappa shape index (κ2) is 23.3. The van der Waals surface area contributed by atoms with E-state index in [0.717, 1.165) is 17.7 Å². The maximum atomic E-state index is 13.9. The number of esters is 2. The van der Waals surface area contributed by atoms with Crippen LogP contribution < -0.4 is 5.32 Å². The first kappa shape index (κ1) is 49.8. The summed E-state index contributed by atoms with van der Waals surface area (Å²) in [7, 11) is 2.74. The number of allylic oxidation sites excluding steroid dienone is 7. The molecule has 0 saturated carbocycles. The summed E-state index contributed by atoms with van der Waals surface area (Å²) in [5.74, 6) is -7.39. The van der Waals surface area contributed by atoms with Crippen LogP contribution in [0.2, 0.25) is 0 Å². The number of carbonyl (C=O) groups excluding carboxylic acids is 5. The average molecular weight is 816 g/mol. The van der Waals surface area contributed by atoms with Crippen molar-refractivity contribution in [3.63, 3.8) is 0 Å². The number of hydrogen-bond acceptors (Lipinski definition) is 13. The molecule has 0 aromatic carbocycles. The normalized spacial score (nSPS) is 25.8. The van der Waals surface area contributed by atoms with Crippen molar-refractivity contribution in [1.82, 2.24) is 5.32 Å². The third-order valence-electron chi connectivity index (χ3n) is 10.9. The van der Waals surface area contributed by atoms with Crippen LogP contribution in [-0.4, -0.2) is 101 Å². The molecule has 11 unspecified atom stereocenters. The molecular weight excluding hydrogens is 750 g/mol. The lowest BCUT2D eigenvalue weighted by molar-refractivity contribution is -0.162. The lowest BCUT2D eigenvalue weighted by Gasteiger charge is -2.34. The summed E-state index contributed by atoms with van der Waals surface area (Å²) in [6.07, 6.45) is 4.38. The van der Waals surface area contributed by atoms with Crippen molar-refractivity contribution in [2.45, 2.75) is 125 Å². The molecule has 0 aromatic rings. The van der Waals surface area contributed by atoms with E-state index in [1.165, 1.54) is 27.2 Å². The molecule has 14 nitrogen and oxygen atoms in total. The number of aliphatic hydroxyl groups excluding tert-OH is 4. The van der Waals surface area contributed by atoms with E-state index in [2.05, 4.69) is 5.32 Å². The molecule has 1 aliphatic carbocycles. The van der Waals surface area contributed by atoms with Crippen molar-refractivity contribution in [2.75, 3.05) is 14.2 Å². The lowest BCUT2D eigenvalue weighted by atomic mass is 9.81. The zero-order valence-corrected chi connectivity index (χ0v) is 35.8. The quantitative estimate of drug-likeness (QED) is 0.110. The number of hydrogen-bond donors (Lipinski definition) is 5. The van der Waals surface area contributed by atoms with Crippen molar-refractivity contribution < 1.29 is 63.3 Å². The van der Waals surface area contributed by atoms with Gasteiger partial charge in [0.15, 0.2) is 5.78 Å². The highest BCUT2D eigenvalue weighted by Gasteiger charge is 2.40. The molecule has 2 rings (SSSR count). The van der Waals surface area contributed by atoms with Gasteiger partial charge in [-0.15, -0.1) is 0 Å². The standard InChI is InChI=1S/C44H65NO13/c1-23(2)40(51)29(8)35(57-38(50)18-17-37(49)45-39-31(46)15-16-32(39)47)22-33(48)28(7)42(53)30(9)43-34(55-10)14-12-13-24(3)19-26(5)41(52)27(6)20-25(4)21-36(56-11)44(54)58-43/h12-14,17-18,20-21,23,26-30,34-35,40-43,46,51-53H,15-16,19,22H2,1-11H3,(H,45,49). The molecule has 14 heteroatoms. The summed E-state index contributed by atoms with van der Waals surface area (Å²) >= 11 is 0. The fourth-order valence-electron chi connectivity index (χ4n) is 7.16. The number of aliphatic hydroxyl groups is 4. The lowest BCUT2D eigenvalue weighted by Crippen LogP contribution is -2.46. The van der Waals surface area contributed by atoms with Crippen LogP contribution in [0.25, 0.3) is 0 Å². The Labute approximate surface area is 342 Å². The predicted octanol–water partition coefficient (Wildman–Crippen LogP) is 4.89. The van der Waals surface area contributed by atoms with Gasteiger partial charge in [-0.05, 0) is 38.2 Å². The highest BCUT2D eigenvalue weighted by molar-refractivity contribution is 6.04. The fraction of sp³-hybridized carbons (Fsp3) is 0.614. The van der Waals surface area contributed by atoms with Gasteiger partial charge in [-0.25, -0.2) is 9.59 Å². The van der Waals surface area contributed by atoms with Crippen molar-refractivity contribution in [2.24, 2.45) is 35.5 Å². The molecule has 324 valence electrons. The summed E-state index contributed by atoms with van der Waals surface area (Å²) in [5.41, 5.74) is 1.41. The highest BCUT2D eigenvalue weighted by Crippen LogP contribution is 2.29. The molecule has 0 bridgehead atoms. The number of amides is 1. The van der Waals surface area contributed by atoms with Gasteiger partial charge in [-0.2, -0.15) is 0 Å². The Hall–Kier alpha value is -4.37. The summed E-state index contributed by atoms with van der Waals surface area (Å²) < 4.78 is 22.8. The topological polar surface area (TPSA) is 215 Å². The van der Waals surface area contributed by atoms with Gasteiger partial charge in [0.1, 0.15) is 35.6 Å². The number of carbonyl (C=O) groups is 5. The largest absolute Gasteiger partial charge is 0.510 e. The van der Waals surface area contributed by atoms with Gasteiger partial charge >= 0.3 is 11.9 Å². The molecule has 2 aliphatic rings. The summed E-state index contributed by atoms with van der Waals surface area (Å²) in [4.78, 5) is 64.7. The van der Waals surface area contributed by atoms with E-state index >= 15 is 0 Å². The highest BCUT2D eigenvalue weighted by atomic mass is 16.6. The molecule has 0 saturated heterocycles. The van der Waals surface area contributed by atoms with E-state index in [-0.39, 0.29) is 47.8 Å². The molecular formula is C44H65NO13. The number of ether oxygens (including phenoxy) is 4.